The summed E-state index contributed by atoms with van der Waals surface area (Å²) in [6.45, 7) is 9.42. The fourth-order valence-electron chi connectivity index (χ4n) is 4.93. The van der Waals surface area contributed by atoms with Crippen molar-refractivity contribution in [1.82, 2.24) is 0 Å². The Balaban J connectivity index is 1.72. The lowest BCUT2D eigenvalue weighted by molar-refractivity contribution is 0.0697. The second-order valence-electron chi connectivity index (χ2n) is 10.8. The average Bonchev–Trinajstić information content (AvgIpc) is 2.81. The van der Waals surface area contributed by atoms with Gasteiger partial charge in [0.2, 0.25) is 0 Å². The van der Waals surface area contributed by atoms with E-state index in [1.807, 2.05) is 24.3 Å². The van der Waals surface area contributed by atoms with Gasteiger partial charge in [0.15, 0.2) is 0 Å². The number of carboxylic acids is 1. The summed E-state index contributed by atoms with van der Waals surface area (Å²) in [6, 6.07) is 22.2. The van der Waals surface area contributed by atoms with E-state index in [4.69, 9.17) is 11.6 Å². The van der Waals surface area contributed by atoms with Crippen LogP contribution >= 0.6 is 11.6 Å². The van der Waals surface area contributed by atoms with Crippen molar-refractivity contribution in [3.05, 3.63) is 111 Å². The van der Waals surface area contributed by atoms with Crippen molar-refractivity contribution in [2.75, 3.05) is 0 Å². The van der Waals surface area contributed by atoms with E-state index >= 15 is 0 Å². The Hall–Kier alpha value is -2.84. The second kappa shape index (κ2) is 9.43. The molecule has 3 heteroatoms. The summed E-state index contributed by atoms with van der Waals surface area (Å²) in [4.78, 5) is 11.2. The fraction of sp³-hybridized carbons (Fsp3) is 0.323. The van der Waals surface area contributed by atoms with Gasteiger partial charge < -0.3 is 5.11 Å². The largest absolute Gasteiger partial charge is 0.478 e. The standard InChI is InChI=1S/C31H33ClO2/c1-30(2)17-18-31(3,4)28-20-25(13-16-27(28)30)24(19-22-8-14-26(32)15-9-22)12-7-21-5-10-23(11-6-21)29(33)34/h5-6,8-16,20H,7,17-19H2,1-4H3,(H,33,34)/b24-12-. The minimum absolute atomic E-state index is 0.152. The van der Waals surface area contributed by atoms with Crippen LogP contribution in [0.3, 0.4) is 0 Å². The van der Waals surface area contributed by atoms with Crippen LogP contribution in [0.4, 0.5) is 0 Å². The number of rotatable bonds is 6. The van der Waals surface area contributed by atoms with Crippen LogP contribution in [0.5, 0.6) is 0 Å². The number of aromatic carboxylic acids is 1. The van der Waals surface area contributed by atoms with E-state index in [0.717, 1.165) is 23.4 Å². The molecule has 3 aromatic carbocycles. The summed E-state index contributed by atoms with van der Waals surface area (Å²) in [7, 11) is 0. The van der Waals surface area contributed by atoms with Gasteiger partial charge in [-0.2, -0.15) is 0 Å². The topological polar surface area (TPSA) is 37.3 Å². The van der Waals surface area contributed by atoms with Crippen LogP contribution in [0.15, 0.2) is 72.8 Å². The van der Waals surface area contributed by atoms with Crippen LogP contribution < -0.4 is 0 Å². The quantitative estimate of drug-likeness (QED) is 0.392. The summed E-state index contributed by atoms with van der Waals surface area (Å²) >= 11 is 6.12. The van der Waals surface area contributed by atoms with Gasteiger partial charge in [-0.15, -0.1) is 0 Å². The molecule has 4 rings (SSSR count). The van der Waals surface area contributed by atoms with Crippen molar-refractivity contribution in [3.63, 3.8) is 0 Å². The summed E-state index contributed by atoms with van der Waals surface area (Å²) in [6.07, 6.45) is 6.23. The van der Waals surface area contributed by atoms with Crippen molar-refractivity contribution < 1.29 is 9.90 Å². The molecule has 0 saturated heterocycles. The van der Waals surface area contributed by atoms with Crippen molar-refractivity contribution in [2.45, 2.75) is 64.2 Å². The van der Waals surface area contributed by atoms with Gasteiger partial charge >= 0.3 is 5.97 Å². The fourth-order valence-corrected chi connectivity index (χ4v) is 5.05. The van der Waals surface area contributed by atoms with Crippen LogP contribution in [0.1, 0.15) is 78.7 Å². The molecule has 3 aromatic rings. The highest BCUT2D eigenvalue weighted by molar-refractivity contribution is 6.30. The molecular formula is C31H33ClO2. The average molecular weight is 473 g/mol. The van der Waals surface area contributed by atoms with E-state index in [-0.39, 0.29) is 10.8 Å². The molecule has 1 aliphatic carbocycles. The van der Waals surface area contributed by atoms with E-state index in [2.05, 4.69) is 64.1 Å². The van der Waals surface area contributed by atoms with Gasteiger partial charge in [0.25, 0.3) is 0 Å². The highest BCUT2D eigenvalue weighted by Gasteiger charge is 2.37. The number of hydrogen-bond acceptors (Lipinski definition) is 1. The minimum atomic E-state index is -0.898. The highest BCUT2D eigenvalue weighted by Crippen LogP contribution is 2.46. The van der Waals surface area contributed by atoms with Gasteiger partial charge in [-0.3, -0.25) is 0 Å². The lowest BCUT2D eigenvalue weighted by Crippen LogP contribution is -2.33. The number of carbonyl (C=O) groups is 1. The Kier molecular flexibility index (Phi) is 6.73. The zero-order valence-corrected chi connectivity index (χ0v) is 21.2. The maximum absolute atomic E-state index is 11.2. The number of benzene rings is 3. The van der Waals surface area contributed by atoms with Gasteiger partial charge in [0.05, 0.1) is 5.56 Å². The molecule has 0 atom stereocenters. The SMILES string of the molecule is CC1(C)CCC(C)(C)c2cc(/C(=C\Cc3ccc(C(=O)O)cc3)Cc3ccc(Cl)cc3)ccc21. The van der Waals surface area contributed by atoms with E-state index in [9.17, 15) is 9.90 Å². The molecule has 0 radical (unpaired) electrons. The molecule has 0 amide bonds. The Morgan fingerprint density at radius 2 is 1.38 bits per heavy atom. The predicted octanol–water partition coefficient (Wildman–Crippen LogP) is 8.26. The first-order valence-electron chi connectivity index (χ1n) is 12.0. The van der Waals surface area contributed by atoms with Gasteiger partial charge in [-0.05, 0) is 94.2 Å². The zero-order valence-electron chi connectivity index (χ0n) is 20.5. The normalized spacial score (nSPS) is 16.7. The second-order valence-corrected chi connectivity index (χ2v) is 11.2. The molecule has 1 N–H and O–H groups in total. The highest BCUT2D eigenvalue weighted by atomic mass is 35.5. The molecule has 1 aliphatic rings. The van der Waals surface area contributed by atoms with Crippen LogP contribution in [0, 0.1) is 0 Å². The predicted molar refractivity (Wildman–Crippen MR) is 142 cm³/mol. The van der Waals surface area contributed by atoms with E-state index in [0.29, 0.717) is 5.56 Å². The van der Waals surface area contributed by atoms with Crippen LogP contribution in [-0.2, 0) is 23.7 Å². The Labute approximate surface area is 208 Å². The molecule has 0 saturated carbocycles. The number of hydrogen-bond donors (Lipinski definition) is 1. The van der Waals surface area contributed by atoms with Gasteiger partial charge in [0, 0.05) is 5.02 Å². The van der Waals surface area contributed by atoms with E-state index < -0.39 is 5.97 Å². The maximum atomic E-state index is 11.2. The van der Waals surface area contributed by atoms with Crippen molar-refractivity contribution in [3.8, 4) is 0 Å². The summed E-state index contributed by atoms with van der Waals surface area (Å²) in [5.74, 6) is -0.898. The lowest BCUT2D eigenvalue weighted by Gasteiger charge is -2.42. The van der Waals surface area contributed by atoms with Crippen LogP contribution in [0.2, 0.25) is 5.02 Å². The molecule has 0 unspecified atom stereocenters. The third-order valence-electron chi connectivity index (χ3n) is 7.32. The molecule has 0 aromatic heterocycles. The van der Waals surface area contributed by atoms with Crippen LogP contribution in [0.25, 0.3) is 5.57 Å². The molecule has 176 valence electrons. The van der Waals surface area contributed by atoms with Gasteiger partial charge in [-0.25, -0.2) is 4.79 Å². The first-order valence-corrected chi connectivity index (χ1v) is 12.3. The Bertz CT molecular complexity index is 1220. The molecule has 0 fully saturated rings. The summed E-state index contributed by atoms with van der Waals surface area (Å²) in [5.41, 5.74) is 8.40. The minimum Gasteiger partial charge on any atom is -0.478 e. The maximum Gasteiger partial charge on any atom is 0.335 e. The molecule has 0 spiro atoms. The lowest BCUT2D eigenvalue weighted by atomic mass is 9.63. The third kappa shape index (κ3) is 5.28. The smallest absolute Gasteiger partial charge is 0.335 e. The van der Waals surface area contributed by atoms with Crippen molar-refractivity contribution >= 4 is 23.1 Å². The Morgan fingerprint density at radius 3 is 2.00 bits per heavy atom. The number of fused-ring (bicyclic) bond motifs is 1. The summed E-state index contributed by atoms with van der Waals surface area (Å²) in [5, 5.41) is 9.92. The summed E-state index contributed by atoms with van der Waals surface area (Å²) < 4.78 is 0. The zero-order chi connectivity index (χ0) is 24.5. The molecule has 2 nitrogen and oxygen atoms in total. The monoisotopic (exact) mass is 472 g/mol. The van der Waals surface area contributed by atoms with Crippen molar-refractivity contribution in [2.24, 2.45) is 0 Å². The molecule has 0 aliphatic heterocycles. The number of allylic oxidation sites excluding steroid dienone is 2. The number of carboxylic acid groups (broad SMARTS) is 1. The molecule has 0 bridgehead atoms. The van der Waals surface area contributed by atoms with E-state index in [1.165, 1.54) is 40.7 Å². The van der Waals surface area contributed by atoms with E-state index in [1.54, 1.807) is 12.1 Å². The Morgan fingerprint density at radius 1 is 0.824 bits per heavy atom. The van der Waals surface area contributed by atoms with Crippen LogP contribution in [-0.4, -0.2) is 11.1 Å². The van der Waals surface area contributed by atoms with Gasteiger partial charge in [-0.1, -0.05) is 87.8 Å². The first kappa shape index (κ1) is 24.3. The van der Waals surface area contributed by atoms with Gasteiger partial charge in [0.1, 0.15) is 0 Å². The first-order chi connectivity index (χ1) is 16.0. The molecular weight excluding hydrogens is 440 g/mol. The number of halogens is 1. The van der Waals surface area contributed by atoms with Crippen molar-refractivity contribution in [1.29, 1.82) is 0 Å². The third-order valence-corrected chi connectivity index (χ3v) is 7.57. The molecule has 34 heavy (non-hydrogen) atoms. The molecule has 0 heterocycles.